The summed E-state index contributed by atoms with van der Waals surface area (Å²) in [6.07, 6.45) is 12.3. The summed E-state index contributed by atoms with van der Waals surface area (Å²) in [6, 6.07) is 0. The molecule has 0 atom stereocenters. The molecule has 2 aliphatic carbocycles. The van der Waals surface area contributed by atoms with Gasteiger partial charge in [-0.3, -0.25) is 0 Å². The zero-order valence-electron chi connectivity index (χ0n) is 9.56. The number of hydrogen-bond donors (Lipinski definition) is 0. The molecule has 0 heterocycles. The predicted molar refractivity (Wildman–Crippen MR) is 59.4 cm³/mol. The van der Waals surface area contributed by atoms with E-state index in [1.807, 2.05) is 0 Å². The molecular formula is C13H24O. The van der Waals surface area contributed by atoms with Crippen LogP contribution in [0.15, 0.2) is 0 Å². The highest BCUT2D eigenvalue weighted by molar-refractivity contribution is 4.98. The highest BCUT2D eigenvalue weighted by atomic mass is 16.5. The van der Waals surface area contributed by atoms with E-state index < -0.39 is 0 Å². The van der Waals surface area contributed by atoms with Crippen molar-refractivity contribution in [2.75, 3.05) is 6.61 Å². The van der Waals surface area contributed by atoms with Gasteiger partial charge in [-0.25, -0.2) is 0 Å². The summed E-state index contributed by atoms with van der Waals surface area (Å²) < 4.78 is 6.22. The van der Waals surface area contributed by atoms with Crippen LogP contribution in [0.1, 0.15) is 64.7 Å². The van der Waals surface area contributed by atoms with Crippen molar-refractivity contribution >= 4 is 0 Å². The summed E-state index contributed by atoms with van der Waals surface area (Å²) in [4.78, 5) is 0. The Bertz CT molecular complexity index is 166. The van der Waals surface area contributed by atoms with Crippen molar-refractivity contribution in [1.29, 1.82) is 0 Å². The summed E-state index contributed by atoms with van der Waals surface area (Å²) in [5.74, 6) is 0.920. The minimum absolute atomic E-state index is 0.355. The molecule has 1 nitrogen and oxygen atoms in total. The fraction of sp³-hybridized carbons (Fsp3) is 1.00. The zero-order chi connectivity index (χ0) is 9.86. The van der Waals surface area contributed by atoms with Gasteiger partial charge in [0, 0.05) is 6.61 Å². The Morgan fingerprint density at radius 2 is 1.86 bits per heavy atom. The average molecular weight is 196 g/mol. The molecule has 0 saturated heterocycles. The highest BCUT2D eigenvalue weighted by Gasteiger charge is 2.46. The second kappa shape index (κ2) is 4.65. The second-order valence-electron chi connectivity index (χ2n) is 5.10. The third-order valence-electron chi connectivity index (χ3n) is 4.19. The van der Waals surface area contributed by atoms with Crippen LogP contribution >= 0.6 is 0 Å². The smallest absolute Gasteiger partial charge is 0.0710 e. The average Bonchev–Trinajstić information content (AvgIpc) is 2.71. The van der Waals surface area contributed by atoms with Crippen molar-refractivity contribution in [3.05, 3.63) is 0 Å². The summed E-state index contributed by atoms with van der Waals surface area (Å²) in [5, 5.41) is 0. The Kier molecular flexibility index (Phi) is 3.48. The molecule has 0 radical (unpaired) electrons. The van der Waals surface area contributed by atoms with Gasteiger partial charge in [-0.15, -0.1) is 0 Å². The summed E-state index contributed by atoms with van der Waals surface area (Å²) >= 11 is 0. The molecule has 0 spiro atoms. The minimum atomic E-state index is 0.355. The largest absolute Gasteiger partial charge is 0.375 e. The fourth-order valence-electron chi connectivity index (χ4n) is 3.39. The van der Waals surface area contributed by atoms with E-state index in [-0.39, 0.29) is 0 Å². The first-order chi connectivity index (χ1) is 6.87. The van der Waals surface area contributed by atoms with Crippen LogP contribution in [0.25, 0.3) is 0 Å². The van der Waals surface area contributed by atoms with E-state index in [4.69, 9.17) is 4.74 Å². The van der Waals surface area contributed by atoms with Gasteiger partial charge in [0.15, 0.2) is 0 Å². The Hall–Kier alpha value is -0.0400. The maximum absolute atomic E-state index is 6.22. The molecule has 82 valence electrons. The van der Waals surface area contributed by atoms with Gasteiger partial charge in [0.25, 0.3) is 0 Å². The Labute approximate surface area is 88.2 Å². The van der Waals surface area contributed by atoms with E-state index >= 15 is 0 Å². The molecule has 2 rings (SSSR count). The fourth-order valence-corrected chi connectivity index (χ4v) is 3.39. The molecule has 0 aromatic heterocycles. The molecule has 2 saturated carbocycles. The summed E-state index contributed by atoms with van der Waals surface area (Å²) in [6.45, 7) is 3.27. The molecule has 0 aromatic carbocycles. The maximum Gasteiger partial charge on any atom is 0.0710 e. The number of rotatable bonds is 5. The lowest BCUT2D eigenvalue weighted by Crippen LogP contribution is -2.32. The number of hydrogen-bond acceptors (Lipinski definition) is 1. The van der Waals surface area contributed by atoms with Gasteiger partial charge in [-0.05, 0) is 38.0 Å². The normalized spacial score (nSPS) is 36.2. The van der Waals surface area contributed by atoms with Crippen molar-refractivity contribution in [3.63, 3.8) is 0 Å². The molecule has 0 bridgehead atoms. The second-order valence-corrected chi connectivity index (χ2v) is 5.10. The van der Waals surface area contributed by atoms with E-state index in [1.54, 1.807) is 0 Å². The topological polar surface area (TPSA) is 9.23 Å². The van der Waals surface area contributed by atoms with Gasteiger partial charge < -0.3 is 4.74 Å². The van der Waals surface area contributed by atoms with Crippen molar-refractivity contribution in [2.24, 2.45) is 5.92 Å². The standard InChI is InChI=1S/C13H24O/c1-2-3-4-11-14-13-9-5-7-12(13)8-6-10-13/h12H,2-11H2,1H3/t12-,13-. The molecular weight excluding hydrogens is 172 g/mol. The third kappa shape index (κ3) is 1.98. The lowest BCUT2D eigenvalue weighted by Gasteiger charge is -2.29. The SMILES string of the molecule is CCCCCO[C@]12CCC[C@H]1CCC2. The molecule has 14 heavy (non-hydrogen) atoms. The Morgan fingerprint density at radius 3 is 2.50 bits per heavy atom. The lowest BCUT2D eigenvalue weighted by molar-refractivity contribution is -0.0593. The van der Waals surface area contributed by atoms with E-state index in [1.165, 1.54) is 57.8 Å². The van der Waals surface area contributed by atoms with Crippen LogP contribution in [-0.4, -0.2) is 12.2 Å². The Morgan fingerprint density at radius 1 is 1.14 bits per heavy atom. The van der Waals surface area contributed by atoms with Crippen LogP contribution < -0.4 is 0 Å². The first-order valence-corrected chi connectivity index (χ1v) is 6.51. The van der Waals surface area contributed by atoms with Gasteiger partial charge in [-0.2, -0.15) is 0 Å². The van der Waals surface area contributed by atoms with E-state index in [9.17, 15) is 0 Å². The molecule has 0 N–H and O–H groups in total. The summed E-state index contributed by atoms with van der Waals surface area (Å²) in [7, 11) is 0. The van der Waals surface area contributed by atoms with Crippen LogP contribution in [0.2, 0.25) is 0 Å². The van der Waals surface area contributed by atoms with Gasteiger partial charge in [0.05, 0.1) is 5.60 Å². The van der Waals surface area contributed by atoms with E-state index in [0.717, 1.165) is 12.5 Å². The van der Waals surface area contributed by atoms with Gasteiger partial charge in [-0.1, -0.05) is 32.6 Å². The number of unbranched alkanes of at least 4 members (excludes halogenated alkanes) is 2. The summed E-state index contributed by atoms with van der Waals surface area (Å²) in [5.41, 5.74) is 0.355. The third-order valence-corrected chi connectivity index (χ3v) is 4.19. The molecule has 0 aliphatic heterocycles. The highest BCUT2D eigenvalue weighted by Crippen LogP contribution is 2.49. The van der Waals surface area contributed by atoms with Crippen LogP contribution in [0, 0.1) is 5.92 Å². The van der Waals surface area contributed by atoms with Gasteiger partial charge in [0.2, 0.25) is 0 Å². The van der Waals surface area contributed by atoms with Crippen molar-refractivity contribution in [3.8, 4) is 0 Å². The van der Waals surface area contributed by atoms with Crippen molar-refractivity contribution in [1.82, 2.24) is 0 Å². The lowest BCUT2D eigenvalue weighted by atomic mass is 9.94. The van der Waals surface area contributed by atoms with Crippen LogP contribution in [0.5, 0.6) is 0 Å². The van der Waals surface area contributed by atoms with Crippen LogP contribution in [0.3, 0.4) is 0 Å². The zero-order valence-corrected chi connectivity index (χ0v) is 9.56. The van der Waals surface area contributed by atoms with Gasteiger partial charge in [0.1, 0.15) is 0 Å². The molecule has 2 fully saturated rings. The first kappa shape index (κ1) is 10.5. The van der Waals surface area contributed by atoms with Crippen LogP contribution in [0.4, 0.5) is 0 Å². The van der Waals surface area contributed by atoms with Crippen LogP contribution in [-0.2, 0) is 4.74 Å². The monoisotopic (exact) mass is 196 g/mol. The first-order valence-electron chi connectivity index (χ1n) is 6.51. The number of ether oxygens (including phenoxy) is 1. The Balaban J connectivity index is 1.77. The molecule has 2 aliphatic rings. The quantitative estimate of drug-likeness (QED) is 0.606. The minimum Gasteiger partial charge on any atom is -0.375 e. The molecule has 1 heteroatoms. The predicted octanol–water partition coefficient (Wildman–Crippen LogP) is 3.92. The van der Waals surface area contributed by atoms with E-state index in [0.29, 0.717) is 5.60 Å². The number of fused-ring (bicyclic) bond motifs is 1. The molecule has 0 amide bonds. The van der Waals surface area contributed by atoms with E-state index in [2.05, 4.69) is 6.92 Å². The molecule has 0 aromatic rings. The molecule has 0 unspecified atom stereocenters. The van der Waals surface area contributed by atoms with Crippen molar-refractivity contribution in [2.45, 2.75) is 70.3 Å². The van der Waals surface area contributed by atoms with Gasteiger partial charge >= 0.3 is 0 Å². The van der Waals surface area contributed by atoms with Crippen molar-refractivity contribution < 1.29 is 4.74 Å². The maximum atomic E-state index is 6.22.